The van der Waals surface area contributed by atoms with Gasteiger partial charge in [0.25, 0.3) is 5.69 Å². The van der Waals surface area contributed by atoms with Crippen LogP contribution in [0.5, 0.6) is 0 Å². The third-order valence-electron chi connectivity index (χ3n) is 3.51. The summed E-state index contributed by atoms with van der Waals surface area (Å²) in [5.41, 5.74) is 0.214. The van der Waals surface area contributed by atoms with E-state index >= 15 is 0 Å². The number of ketones is 2. The molecule has 1 rings (SSSR count). The first-order valence-electron chi connectivity index (χ1n) is 6.76. The Kier molecular flexibility index (Phi) is 6.03. The van der Waals surface area contributed by atoms with Gasteiger partial charge in [0, 0.05) is 29.5 Å². The molecule has 0 bridgehead atoms. The lowest BCUT2D eigenvalue weighted by Gasteiger charge is -2.22. The van der Waals surface area contributed by atoms with Gasteiger partial charge in [0.15, 0.2) is 0 Å². The first kappa shape index (κ1) is 17.3. The number of carbonyl (C=O) groups excluding carboxylic acids is 2. The topological polar surface area (TPSA) is 77.3 Å². The molecule has 21 heavy (non-hydrogen) atoms. The lowest BCUT2D eigenvalue weighted by molar-refractivity contribution is -0.384. The second kappa shape index (κ2) is 7.31. The molecule has 2 unspecified atom stereocenters. The number of hydrogen-bond acceptors (Lipinski definition) is 4. The maximum absolute atomic E-state index is 12.3. The predicted molar refractivity (Wildman–Crippen MR) is 80.6 cm³/mol. The molecule has 1 aromatic rings. The van der Waals surface area contributed by atoms with E-state index in [0.29, 0.717) is 18.4 Å². The summed E-state index contributed by atoms with van der Waals surface area (Å²) >= 11 is 6.10. The van der Waals surface area contributed by atoms with Crippen molar-refractivity contribution in [3.8, 4) is 0 Å². The van der Waals surface area contributed by atoms with E-state index in [1.165, 1.54) is 25.1 Å². The highest BCUT2D eigenvalue weighted by molar-refractivity contribution is 6.31. The Morgan fingerprint density at radius 1 is 1.38 bits per heavy atom. The molecule has 0 saturated heterocycles. The van der Waals surface area contributed by atoms with Crippen LogP contribution < -0.4 is 0 Å². The summed E-state index contributed by atoms with van der Waals surface area (Å²) in [7, 11) is 0. The van der Waals surface area contributed by atoms with E-state index in [1.54, 1.807) is 6.92 Å². The average molecular weight is 312 g/mol. The lowest BCUT2D eigenvalue weighted by atomic mass is 9.80. The number of Topliss-reactive ketones (excluding diaryl/α,β-unsaturated/α-hetero) is 2. The minimum Gasteiger partial charge on any atom is -0.300 e. The molecule has 6 heteroatoms. The largest absolute Gasteiger partial charge is 0.300 e. The number of non-ortho nitro benzene ring substituents is 1. The van der Waals surface area contributed by atoms with E-state index in [2.05, 4.69) is 0 Å². The molecule has 5 nitrogen and oxygen atoms in total. The molecule has 0 N–H and O–H groups in total. The minimum atomic E-state index is -0.741. The zero-order chi connectivity index (χ0) is 16.2. The molecule has 0 aliphatic rings. The van der Waals surface area contributed by atoms with E-state index in [9.17, 15) is 19.7 Å². The first-order chi connectivity index (χ1) is 9.79. The lowest BCUT2D eigenvalue weighted by Crippen LogP contribution is -2.25. The van der Waals surface area contributed by atoms with Crippen LogP contribution in [-0.4, -0.2) is 16.5 Å². The smallest absolute Gasteiger partial charge is 0.269 e. The number of rotatable bonds is 7. The number of nitro groups is 1. The summed E-state index contributed by atoms with van der Waals surface area (Å²) in [4.78, 5) is 34.4. The molecule has 0 aliphatic heterocycles. The van der Waals surface area contributed by atoms with Crippen LogP contribution in [0.25, 0.3) is 0 Å². The molecular weight excluding hydrogens is 294 g/mol. The van der Waals surface area contributed by atoms with Crippen molar-refractivity contribution in [2.75, 3.05) is 0 Å². The highest BCUT2D eigenvalue weighted by atomic mass is 35.5. The Bertz CT molecular complexity index is 571. The molecule has 0 aromatic heterocycles. The Morgan fingerprint density at radius 2 is 2.00 bits per heavy atom. The number of carbonyl (C=O) groups is 2. The Morgan fingerprint density at radius 3 is 2.48 bits per heavy atom. The van der Waals surface area contributed by atoms with Crippen LogP contribution in [0.15, 0.2) is 18.2 Å². The van der Waals surface area contributed by atoms with E-state index in [1.807, 2.05) is 6.92 Å². The summed E-state index contributed by atoms with van der Waals surface area (Å²) in [6.45, 7) is 4.92. The van der Waals surface area contributed by atoms with E-state index in [4.69, 9.17) is 11.6 Å². The normalized spacial score (nSPS) is 13.5. The molecule has 0 heterocycles. The minimum absolute atomic E-state index is 0.123. The Hall–Kier alpha value is -1.75. The van der Waals surface area contributed by atoms with Gasteiger partial charge in [-0.05, 0) is 25.0 Å². The second-order valence-electron chi connectivity index (χ2n) is 5.06. The number of nitrogens with zero attached hydrogens (tertiary/aromatic N) is 1. The van der Waals surface area contributed by atoms with Gasteiger partial charge in [-0.1, -0.05) is 25.4 Å². The van der Waals surface area contributed by atoms with Crippen molar-refractivity contribution < 1.29 is 14.5 Å². The van der Waals surface area contributed by atoms with Gasteiger partial charge in [0.1, 0.15) is 11.6 Å². The Labute approximate surface area is 128 Å². The number of hydrogen-bond donors (Lipinski definition) is 0. The van der Waals surface area contributed by atoms with Crippen molar-refractivity contribution in [1.29, 1.82) is 0 Å². The molecule has 0 spiro atoms. The van der Waals surface area contributed by atoms with Gasteiger partial charge in [-0.3, -0.25) is 19.7 Å². The van der Waals surface area contributed by atoms with Crippen LogP contribution in [-0.2, 0) is 9.59 Å². The maximum Gasteiger partial charge on any atom is 0.269 e. The zero-order valence-electron chi connectivity index (χ0n) is 12.3. The summed E-state index contributed by atoms with van der Waals surface area (Å²) < 4.78 is 0. The second-order valence-corrected chi connectivity index (χ2v) is 5.46. The summed E-state index contributed by atoms with van der Waals surface area (Å²) in [6, 6.07) is 3.97. The quantitative estimate of drug-likeness (QED) is 0.564. The van der Waals surface area contributed by atoms with Crippen LogP contribution in [0.4, 0.5) is 5.69 Å². The molecule has 114 valence electrons. The molecule has 0 amide bonds. The van der Waals surface area contributed by atoms with Crippen molar-refractivity contribution in [2.24, 2.45) is 5.92 Å². The van der Waals surface area contributed by atoms with E-state index in [-0.39, 0.29) is 22.3 Å². The molecule has 0 fully saturated rings. The summed E-state index contributed by atoms with van der Waals surface area (Å²) in [6.07, 6.45) is 0.952. The number of halogens is 1. The van der Waals surface area contributed by atoms with Crippen molar-refractivity contribution >= 4 is 28.9 Å². The van der Waals surface area contributed by atoms with Crippen LogP contribution in [0, 0.1) is 16.0 Å². The zero-order valence-corrected chi connectivity index (χ0v) is 13.0. The van der Waals surface area contributed by atoms with E-state index in [0.717, 1.165) is 0 Å². The van der Waals surface area contributed by atoms with Gasteiger partial charge in [-0.15, -0.1) is 0 Å². The average Bonchev–Trinajstić information content (AvgIpc) is 2.40. The summed E-state index contributed by atoms with van der Waals surface area (Å²) in [5.74, 6) is -1.58. The van der Waals surface area contributed by atoms with Crippen molar-refractivity contribution in [2.45, 2.75) is 39.5 Å². The highest BCUT2D eigenvalue weighted by Gasteiger charge is 2.31. The highest BCUT2D eigenvalue weighted by Crippen LogP contribution is 2.35. The van der Waals surface area contributed by atoms with Crippen LogP contribution in [0.1, 0.15) is 45.1 Å². The number of nitro benzene ring substituents is 1. The van der Waals surface area contributed by atoms with Gasteiger partial charge in [-0.25, -0.2) is 0 Å². The maximum atomic E-state index is 12.3. The molecule has 2 atom stereocenters. The first-order valence-corrected chi connectivity index (χ1v) is 7.14. The Balaban J connectivity index is 3.37. The monoisotopic (exact) mass is 311 g/mol. The van der Waals surface area contributed by atoms with Gasteiger partial charge in [0.05, 0.1) is 10.8 Å². The van der Waals surface area contributed by atoms with Gasteiger partial charge in [0.2, 0.25) is 0 Å². The summed E-state index contributed by atoms with van der Waals surface area (Å²) in [5, 5.41) is 11.2. The van der Waals surface area contributed by atoms with Crippen LogP contribution >= 0.6 is 11.6 Å². The van der Waals surface area contributed by atoms with Crippen molar-refractivity contribution in [3.05, 3.63) is 38.9 Å². The standard InChI is InChI=1S/C15H18ClNO4/c1-4-5-14(19)15(9(2)10(3)18)12-8-11(17(20)21)6-7-13(12)16/h6-9,15H,4-5H2,1-3H3. The van der Waals surface area contributed by atoms with Crippen LogP contribution in [0.3, 0.4) is 0 Å². The number of benzene rings is 1. The van der Waals surface area contributed by atoms with Crippen molar-refractivity contribution in [3.63, 3.8) is 0 Å². The molecule has 0 radical (unpaired) electrons. The molecule has 1 aromatic carbocycles. The fourth-order valence-electron chi connectivity index (χ4n) is 2.24. The van der Waals surface area contributed by atoms with Gasteiger partial charge < -0.3 is 0 Å². The third-order valence-corrected chi connectivity index (χ3v) is 3.85. The van der Waals surface area contributed by atoms with Crippen molar-refractivity contribution in [1.82, 2.24) is 0 Å². The predicted octanol–water partition coefficient (Wildman–Crippen LogP) is 3.93. The fraction of sp³-hybridized carbons (Fsp3) is 0.467. The third kappa shape index (κ3) is 4.11. The fourth-order valence-corrected chi connectivity index (χ4v) is 2.48. The SMILES string of the molecule is CCCC(=O)C(c1cc([N+](=O)[O-])ccc1Cl)C(C)C(C)=O. The van der Waals surface area contributed by atoms with Gasteiger partial charge >= 0.3 is 0 Å². The van der Waals surface area contributed by atoms with Crippen LogP contribution in [0.2, 0.25) is 5.02 Å². The molecule has 0 saturated carbocycles. The molecule has 0 aliphatic carbocycles. The van der Waals surface area contributed by atoms with E-state index < -0.39 is 16.8 Å². The van der Waals surface area contributed by atoms with Gasteiger partial charge in [-0.2, -0.15) is 0 Å². The molecular formula is C15H18ClNO4.